The van der Waals surface area contributed by atoms with Crippen LogP contribution >= 0.6 is 12.4 Å². The van der Waals surface area contributed by atoms with Crippen molar-refractivity contribution in [1.82, 2.24) is 5.32 Å². The Bertz CT molecular complexity index is 333. The van der Waals surface area contributed by atoms with Crippen molar-refractivity contribution in [2.45, 2.75) is 32.3 Å². The van der Waals surface area contributed by atoms with E-state index in [1.165, 1.54) is 0 Å². The lowest BCUT2D eigenvalue weighted by Gasteiger charge is -2.06. The van der Waals surface area contributed by atoms with E-state index in [4.69, 9.17) is 10.5 Å². The highest BCUT2D eigenvalue weighted by Crippen LogP contribution is 2.01. The standard InChI is InChI=1S/C14H22N2O2.ClH/c15-10-6-1-2-7-11-16-14(17)18-12-13-8-4-3-5-9-13;/h3-5,8-9H,1-2,6-7,10-12,15H2,(H,16,17);1H. The van der Waals surface area contributed by atoms with E-state index in [9.17, 15) is 4.79 Å². The van der Waals surface area contributed by atoms with Gasteiger partial charge in [-0.25, -0.2) is 4.79 Å². The molecule has 0 radical (unpaired) electrons. The molecule has 1 amide bonds. The molecule has 0 atom stereocenters. The second-order valence-corrected chi connectivity index (χ2v) is 4.19. The molecule has 0 saturated heterocycles. The lowest BCUT2D eigenvalue weighted by Crippen LogP contribution is -2.25. The van der Waals surface area contributed by atoms with E-state index >= 15 is 0 Å². The highest BCUT2D eigenvalue weighted by molar-refractivity contribution is 5.85. The molecule has 0 saturated carbocycles. The molecule has 0 unspecified atom stereocenters. The highest BCUT2D eigenvalue weighted by Gasteiger charge is 2.01. The summed E-state index contributed by atoms with van der Waals surface area (Å²) in [5.41, 5.74) is 6.39. The Labute approximate surface area is 121 Å². The van der Waals surface area contributed by atoms with Crippen LogP contribution < -0.4 is 11.1 Å². The number of nitrogens with one attached hydrogen (secondary N) is 1. The quantitative estimate of drug-likeness (QED) is 0.722. The number of rotatable bonds is 8. The van der Waals surface area contributed by atoms with Gasteiger partial charge in [-0.2, -0.15) is 0 Å². The predicted molar refractivity (Wildman–Crippen MR) is 79.4 cm³/mol. The van der Waals surface area contributed by atoms with Crippen LogP contribution in [0.15, 0.2) is 30.3 Å². The molecule has 1 aromatic rings. The first kappa shape index (κ1) is 17.7. The second-order valence-electron chi connectivity index (χ2n) is 4.19. The number of amides is 1. The molecule has 1 rings (SSSR count). The molecule has 4 nitrogen and oxygen atoms in total. The van der Waals surface area contributed by atoms with Crippen LogP contribution in [0.5, 0.6) is 0 Å². The molecule has 0 spiro atoms. The third-order valence-corrected chi connectivity index (χ3v) is 2.61. The molecular formula is C14H23ClN2O2. The second kappa shape index (κ2) is 11.8. The van der Waals surface area contributed by atoms with E-state index in [2.05, 4.69) is 5.32 Å². The maximum absolute atomic E-state index is 11.4. The summed E-state index contributed by atoms with van der Waals surface area (Å²) >= 11 is 0. The monoisotopic (exact) mass is 286 g/mol. The van der Waals surface area contributed by atoms with E-state index in [1.54, 1.807) is 0 Å². The molecule has 5 heteroatoms. The molecule has 1 aromatic carbocycles. The zero-order chi connectivity index (χ0) is 13.1. The predicted octanol–water partition coefficient (Wildman–Crippen LogP) is 2.85. The van der Waals surface area contributed by atoms with Gasteiger partial charge in [-0.05, 0) is 24.9 Å². The Morgan fingerprint density at radius 1 is 1.11 bits per heavy atom. The lowest BCUT2D eigenvalue weighted by molar-refractivity contribution is 0.139. The number of ether oxygens (including phenoxy) is 1. The van der Waals surface area contributed by atoms with Crippen molar-refractivity contribution in [3.05, 3.63) is 35.9 Å². The van der Waals surface area contributed by atoms with Crippen molar-refractivity contribution >= 4 is 18.5 Å². The van der Waals surface area contributed by atoms with Crippen molar-refractivity contribution < 1.29 is 9.53 Å². The minimum Gasteiger partial charge on any atom is -0.445 e. The molecular weight excluding hydrogens is 264 g/mol. The van der Waals surface area contributed by atoms with Gasteiger partial charge in [0.1, 0.15) is 6.61 Å². The molecule has 0 aliphatic carbocycles. The molecule has 0 fully saturated rings. The fourth-order valence-electron chi connectivity index (χ4n) is 1.59. The molecule has 3 N–H and O–H groups in total. The van der Waals surface area contributed by atoms with Gasteiger partial charge >= 0.3 is 6.09 Å². The summed E-state index contributed by atoms with van der Waals surface area (Å²) in [5, 5.41) is 2.74. The zero-order valence-electron chi connectivity index (χ0n) is 11.1. The van der Waals surface area contributed by atoms with Gasteiger partial charge in [-0.1, -0.05) is 43.2 Å². The van der Waals surface area contributed by atoms with Crippen molar-refractivity contribution in [3.63, 3.8) is 0 Å². The summed E-state index contributed by atoms with van der Waals surface area (Å²) in [6.45, 7) is 1.73. The molecule has 0 aliphatic heterocycles. The molecule has 0 bridgehead atoms. The average Bonchev–Trinajstić information content (AvgIpc) is 2.41. The van der Waals surface area contributed by atoms with Gasteiger partial charge in [0.2, 0.25) is 0 Å². The number of carbonyl (C=O) groups is 1. The smallest absolute Gasteiger partial charge is 0.407 e. The Morgan fingerprint density at radius 2 is 1.79 bits per heavy atom. The van der Waals surface area contributed by atoms with Crippen molar-refractivity contribution in [1.29, 1.82) is 0 Å². The van der Waals surface area contributed by atoms with Crippen molar-refractivity contribution in [2.24, 2.45) is 5.73 Å². The van der Waals surface area contributed by atoms with Gasteiger partial charge < -0.3 is 15.8 Å². The fraction of sp³-hybridized carbons (Fsp3) is 0.500. The SMILES string of the molecule is Cl.NCCCCCCNC(=O)OCc1ccccc1. The number of hydrogen-bond donors (Lipinski definition) is 2. The van der Waals surface area contributed by atoms with Crippen LogP contribution in [0, 0.1) is 0 Å². The minimum atomic E-state index is -0.349. The van der Waals surface area contributed by atoms with Crippen LogP contribution in [0.1, 0.15) is 31.2 Å². The first-order valence-electron chi connectivity index (χ1n) is 6.47. The highest BCUT2D eigenvalue weighted by atomic mass is 35.5. The number of alkyl carbamates (subject to hydrolysis) is 1. The summed E-state index contributed by atoms with van der Waals surface area (Å²) in [7, 11) is 0. The largest absolute Gasteiger partial charge is 0.445 e. The summed E-state index contributed by atoms with van der Waals surface area (Å²) in [6, 6.07) is 9.65. The molecule has 108 valence electrons. The van der Waals surface area contributed by atoms with E-state index in [0.29, 0.717) is 13.2 Å². The Hall–Kier alpha value is -1.26. The summed E-state index contributed by atoms with van der Waals surface area (Å²) in [5.74, 6) is 0. The Balaban J connectivity index is 0.00000324. The summed E-state index contributed by atoms with van der Waals surface area (Å²) in [6.07, 6.45) is 3.89. The van der Waals surface area contributed by atoms with Crippen LogP contribution in [0.4, 0.5) is 4.79 Å². The minimum absolute atomic E-state index is 0. The van der Waals surface area contributed by atoms with Gasteiger partial charge in [0.25, 0.3) is 0 Å². The van der Waals surface area contributed by atoms with Crippen LogP contribution in [-0.2, 0) is 11.3 Å². The van der Waals surface area contributed by atoms with Gasteiger partial charge in [-0.3, -0.25) is 0 Å². The molecule has 0 aromatic heterocycles. The molecule has 19 heavy (non-hydrogen) atoms. The number of benzene rings is 1. The van der Waals surface area contributed by atoms with Crippen LogP contribution in [-0.4, -0.2) is 19.2 Å². The van der Waals surface area contributed by atoms with E-state index < -0.39 is 0 Å². The van der Waals surface area contributed by atoms with E-state index in [1.807, 2.05) is 30.3 Å². The number of halogens is 1. The first-order valence-corrected chi connectivity index (χ1v) is 6.47. The van der Waals surface area contributed by atoms with Gasteiger partial charge in [0.05, 0.1) is 0 Å². The van der Waals surface area contributed by atoms with Crippen molar-refractivity contribution in [3.8, 4) is 0 Å². The number of carbonyl (C=O) groups excluding carboxylic acids is 1. The van der Waals surface area contributed by atoms with Gasteiger partial charge in [0.15, 0.2) is 0 Å². The van der Waals surface area contributed by atoms with Crippen LogP contribution in [0.25, 0.3) is 0 Å². The third-order valence-electron chi connectivity index (χ3n) is 2.61. The van der Waals surface area contributed by atoms with Gasteiger partial charge in [0, 0.05) is 6.54 Å². The van der Waals surface area contributed by atoms with Gasteiger partial charge in [-0.15, -0.1) is 12.4 Å². The van der Waals surface area contributed by atoms with Crippen molar-refractivity contribution in [2.75, 3.05) is 13.1 Å². The van der Waals surface area contributed by atoms with Crippen LogP contribution in [0.3, 0.4) is 0 Å². The van der Waals surface area contributed by atoms with Crippen LogP contribution in [0.2, 0.25) is 0 Å². The van der Waals surface area contributed by atoms with E-state index in [0.717, 1.165) is 37.8 Å². The molecule has 0 aliphatic rings. The maximum Gasteiger partial charge on any atom is 0.407 e. The number of nitrogens with two attached hydrogens (primary N) is 1. The summed E-state index contributed by atoms with van der Waals surface area (Å²) in [4.78, 5) is 11.4. The fourth-order valence-corrected chi connectivity index (χ4v) is 1.59. The average molecular weight is 287 g/mol. The Morgan fingerprint density at radius 3 is 2.47 bits per heavy atom. The number of hydrogen-bond acceptors (Lipinski definition) is 3. The zero-order valence-corrected chi connectivity index (χ0v) is 12.0. The first-order chi connectivity index (χ1) is 8.83. The maximum atomic E-state index is 11.4. The molecule has 0 heterocycles. The van der Waals surface area contributed by atoms with E-state index in [-0.39, 0.29) is 18.5 Å². The number of unbranched alkanes of at least 4 members (excludes halogenated alkanes) is 3. The summed E-state index contributed by atoms with van der Waals surface area (Å²) < 4.78 is 5.09. The normalized spacial score (nSPS) is 9.53. The topological polar surface area (TPSA) is 64.3 Å². The third kappa shape index (κ3) is 9.33. The Kier molecular flexibility index (Phi) is 11.0. The lowest BCUT2D eigenvalue weighted by atomic mass is 10.2.